The van der Waals surface area contributed by atoms with E-state index in [4.69, 9.17) is 14.4 Å². The van der Waals surface area contributed by atoms with Gasteiger partial charge in [-0.05, 0) is 31.8 Å². The van der Waals surface area contributed by atoms with Crippen molar-refractivity contribution in [1.29, 1.82) is 10.3 Å². The van der Waals surface area contributed by atoms with Gasteiger partial charge >= 0.3 is 0 Å². The van der Waals surface area contributed by atoms with Crippen molar-refractivity contribution in [2.24, 2.45) is 0 Å². The van der Waals surface area contributed by atoms with E-state index in [1.807, 2.05) is 109 Å². The molecular formula is C39H35Cl3N2O3P2Ru. The van der Waals surface area contributed by atoms with Crippen LogP contribution < -0.4 is 31.8 Å². The van der Waals surface area contributed by atoms with Gasteiger partial charge in [-0.3, -0.25) is 14.4 Å². The molecule has 0 fully saturated rings. The van der Waals surface area contributed by atoms with Gasteiger partial charge in [-0.15, -0.1) is 37.2 Å². The van der Waals surface area contributed by atoms with Crippen LogP contribution in [0.1, 0.15) is 0 Å². The number of halogens is 3. The summed E-state index contributed by atoms with van der Waals surface area (Å²) >= 11 is 0. The number of carbonyl (C=O) groups excluding carboxylic acids is 3. The molecule has 0 bridgehead atoms. The molecule has 0 aliphatic heterocycles. The molecule has 5 nitrogen and oxygen atoms in total. The normalized spacial score (nSPS) is 9.20. The van der Waals surface area contributed by atoms with Crippen LogP contribution in [-0.4, -0.2) is 20.4 Å². The molecule has 6 aromatic rings. The molecule has 6 radical (unpaired) electrons. The van der Waals surface area contributed by atoms with Crippen LogP contribution in [0.25, 0.3) is 0 Å². The van der Waals surface area contributed by atoms with Crippen molar-refractivity contribution in [1.82, 2.24) is 0 Å². The molecule has 0 unspecified atom stereocenters. The van der Waals surface area contributed by atoms with Crippen molar-refractivity contribution < 1.29 is 33.9 Å². The molecule has 6 aromatic carbocycles. The molecule has 0 aliphatic carbocycles. The molecule has 0 saturated carbocycles. The monoisotopic (exact) mass is 848 g/mol. The van der Waals surface area contributed by atoms with Crippen molar-refractivity contribution in [2.45, 2.75) is 0 Å². The number of nitrogens with one attached hydrogen (secondary N) is 2. The van der Waals surface area contributed by atoms with Gasteiger partial charge in [0.15, 0.2) is 0 Å². The first-order valence-corrected chi connectivity index (χ1v) is 17.4. The van der Waals surface area contributed by atoms with Crippen LogP contribution in [0.15, 0.2) is 182 Å². The van der Waals surface area contributed by atoms with Gasteiger partial charge in [0.2, 0.25) is 0 Å². The zero-order valence-corrected chi connectivity index (χ0v) is 32.5. The summed E-state index contributed by atoms with van der Waals surface area (Å²) in [6.45, 7) is 13.5. The van der Waals surface area contributed by atoms with Crippen LogP contribution in [0, 0.1) is 10.3 Å². The number of benzene rings is 6. The van der Waals surface area contributed by atoms with Crippen LogP contribution in [-0.2, 0) is 33.9 Å². The fourth-order valence-electron chi connectivity index (χ4n) is 4.80. The van der Waals surface area contributed by atoms with Crippen molar-refractivity contribution in [3.63, 3.8) is 0 Å². The minimum Gasteiger partial charge on any atom is -0.305 e. The van der Waals surface area contributed by atoms with E-state index in [-0.39, 0.29) is 56.7 Å². The molecular weight excluding hydrogens is 814 g/mol. The van der Waals surface area contributed by atoms with E-state index >= 15 is 0 Å². The standard InChI is InChI=1S/2C18H16NP.3CO.3ClH.Ru/c2*19-20(16-10-4-1-5-11-16,17-12-6-2-7-13-17)18-14-8-3-9-15-18;3*1-2;;;;/h2*1-15,19H;;;;3*1H;. The molecule has 258 valence electrons. The van der Waals surface area contributed by atoms with Gasteiger partial charge in [-0.2, -0.15) is 0 Å². The maximum Gasteiger partial charge on any atom is 0.281 e. The van der Waals surface area contributed by atoms with E-state index in [2.05, 4.69) is 93.2 Å². The summed E-state index contributed by atoms with van der Waals surface area (Å²) in [6, 6.07) is 61.1. The average Bonchev–Trinajstić information content (AvgIpc) is 3.19. The summed E-state index contributed by atoms with van der Waals surface area (Å²) in [5.74, 6) is 0. The Kier molecular flexibility index (Phi) is 28.4. The smallest absolute Gasteiger partial charge is 0.281 e. The molecule has 50 heavy (non-hydrogen) atoms. The van der Waals surface area contributed by atoms with Gasteiger partial charge < -0.3 is 10.3 Å². The first-order valence-electron chi connectivity index (χ1n) is 13.9. The first kappa shape index (κ1) is 50.7. The average molecular weight is 849 g/mol. The summed E-state index contributed by atoms with van der Waals surface area (Å²) in [5, 5.41) is 25.1. The maximum absolute atomic E-state index is 9.25. The minimum atomic E-state index is -2.28. The Morgan fingerprint density at radius 3 is 0.480 bits per heavy atom. The molecule has 0 spiro atoms. The number of rotatable bonds is 6. The number of hydrogen-bond donors (Lipinski definition) is 2. The van der Waals surface area contributed by atoms with Crippen LogP contribution in [0.2, 0.25) is 0 Å². The Morgan fingerprint density at radius 2 is 0.380 bits per heavy atom. The van der Waals surface area contributed by atoms with Gasteiger partial charge in [0, 0.05) is 19.5 Å². The summed E-state index contributed by atoms with van der Waals surface area (Å²) in [6.07, 6.45) is 0. The zero-order valence-electron chi connectivity index (χ0n) is 26.5. The second kappa shape index (κ2) is 28.0. The summed E-state index contributed by atoms with van der Waals surface area (Å²) < 4.78 is 0. The molecule has 11 heteroatoms. The molecule has 2 N–H and O–H groups in total. The quantitative estimate of drug-likeness (QED) is 0.134. The SMILES string of the molecule is Cl.Cl.Cl.N=P(c1ccccc1)(c1ccccc1)c1ccccc1.N=P(c1ccccc1)(c1ccccc1)c1ccccc1.[C]=O.[C]=O.[C]=O.[Ru]. The fraction of sp³-hybridized carbons (Fsp3) is 0. The van der Waals surface area contributed by atoms with Crippen LogP contribution >= 0.6 is 51.3 Å². The van der Waals surface area contributed by atoms with E-state index in [1.54, 1.807) is 0 Å². The van der Waals surface area contributed by atoms with Crippen molar-refractivity contribution in [2.75, 3.05) is 0 Å². The van der Waals surface area contributed by atoms with Gasteiger partial charge in [0.25, 0.3) is 20.4 Å². The zero-order chi connectivity index (χ0) is 33.7. The summed E-state index contributed by atoms with van der Waals surface area (Å²) in [7, 11) is -4.55. The van der Waals surface area contributed by atoms with Crippen LogP contribution in [0.4, 0.5) is 0 Å². The topological polar surface area (TPSA) is 98.9 Å². The summed E-state index contributed by atoms with van der Waals surface area (Å²) in [4.78, 5) is 22.5. The van der Waals surface area contributed by atoms with E-state index in [0.29, 0.717) is 0 Å². The fourth-order valence-corrected chi connectivity index (χ4v) is 10.3. The van der Waals surface area contributed by atoms with Gasteiger partial charge in [0.05, 0.1) is 14.1 Å². The Morgan fingerprint density at radius 1 is 0.280 bits per heavy atom. The Bertz CT molecular complexity index is 1450. The van der Waals surface area contributed by atoms with Crippen molar-refractivity contribution in [3.05, 3.63) is 182 Å². The third-order valence-corrected chi connectivity index (χ3v) is 13.3. The molecule has 0 aliphatic rings. The molecule has 0 atom stereocenters. The third kappa shape index (κ3) is 12.9. The first-order chi connectivity index (χ1) is 22.6. The second-order valence-corrected chi connectivity index (χ2v) is 15.1. The predicted molar refractivity (Wildman–Crippen MR) is 215 cm³/mol. The minimum absolute atomic E-state index is 0. The van der Waals surface area contributed by atoms with Crippen molar-refractivity contribution in [3.8, 4) is 0 Å². The molecule has 6 rings (SSSR count). The van der Waals surface area contributed by atoms with E-state index in [1.165, 1.54) is 0 Å². The maximum atomic E-state index is 9.25. The predicted octanol–water partition coefficient (Wildman–Crippen LogP) is 7.56. The van der Waals surface area contributed by atoms with Gasteiger partial charge in [-0.25, -0.2) is 0 Å². The molecule has 0 heterocycles. The molecule has 0 amide bonds. The van der Waals surface area contributed by atoms with E-state index < -0.39 is 14.1 Å². The number of hydrogen-bond acceptors (Lipinski definition) is 5. The van der Waals surface area contributed by atoms with Gasteiger partial charge in [0.1, 0.15) is 0 Å². The molecule has 0 aromatic heterocycles. The van der Waals surface area contributed by atoms with Crippen molar-refractivity contribution >= 4 is 104 Å². The van der Waals surface area contributed by atoms with Gasteiger partial charge in [-0.1, -0.05) is 182 Å². The van der Waals surface area contributed by atoms with E-state index in [9.17, 15) is 10.3 Å². The van der Waals surface area contributed by atoms with Crippen LogP contribution in [0.3, 0.4) is 0 Å². The largest absolute Gasteiger partial charge is 0.305 e. The Balaban J connectivity index is -0.000000719. The Labute approximate surface area is 327 Å². The second-order valence-electron chi connectivity index (χ2n) is 9.35. The Hall–Kier alpha value is -3.72. The van der Waals surface area contributed by atoms with Crippen LogP contribution in [0.5, 0.6) is 0 Å². The molecule has 0 saturated heterocycles. The van der Waals surface area contributed by atoms with E-state index in [0.717, 1.165) is 31.8 Å². The summed E-state index contributed by atoms with van der Waals surface area (Å²) in [5.41, 5.74) is 0. The third-order valence-electron chi connectivity index (χ3n) is 6.86.